The molecule has 2 aliphatic rings. The monoisotopic (exact) mass is 460 g/mol. The highest BCUT2D eigenvalue weighted by molar-refractivity contribution is 5.97. The molecule has 0 bridgehead atoms. The van der Waals surface area contributed by atoms with E-state index < -0.39 is 6.09 Å². The van der Waals surface area contributed by atoms with Crippen molar-refractivity contribution in [2.75, 3.05) is 38.0 Å². The van der Waals surface area contributed by atoms with Gasteiger partial charge in [0.05, 0.1) is 5.69 Å². The van der Waals surface area contributed by atoms with Gasteiger partial charge in [-0.2, -0.15) is 0 Å². The molecule has 3 heterocycles. The summed E-state index contributed by atoms with van der Waals surface area (Å²) >= 11 is 0. The standard InChI is InChI=1S/C26H28N4O4/c31-24(20-5-6-22-21(17-20)18-34-26(33)27-22)8-10-28-13-15-30(16-14-28)25(32)9-12-29-11-7-19-3-1-2-4-23(19)29/h1-7,11,17H,8-10,12-16,18H2,(H,27,33). The number of fused-ring (bicyclic) bond motifs is 2. The third-order valence-electron chi connectivity index (χ3n) is 6.65. The first-order valence-electron chi connectivity index (χ1n) is 11.7. The fourth-order valence-electron chi connectivity index (χ4n) is 4.63. The summed E-state index contributed by atoms with van der Waals surface area (Å²) in [7, 11) is 0. The molecule has 176 valence electrons. The summed E-state index contributed by atoms with van der Waals surface area (Å²) in [4.78, 5) is 40.9. The highest BCUT2D eigenvalue weighted by Crippen LogP contribution is 2.23. The van der Waals surface area contributed by atoms with Gasteiger partial charge in [0.15, 0.2) is 5.78 Å². The van der Waals surface area contributed by atoms with Crippen LogP contribution in [0.4, 0.5) is 10.5 Å². The molecule has 0 spiro atoms. The molecule has 8 nitrogen and oxygen atoms in total. The fourth-order valence-corrected chi connectivity index (χ4v) is 4.63. The van der Waals surface area contributed by atoms with Crippen molar-refractivity contribution in [2.24, 2.45) is 0 Å². The minimum absolute atomic E-state index is 0.0668. The summed E-state index contributed by atoms with van der Waals surface area (Å²) < 4.78 is 7.11. The average molecular weight is 461 g/mol. The maximum Gasteiger partial charge on any atom is 0.411 e. The molecule has 0 atom stereocenters. The minimum atomic E-state index is -0.470. The van der Waals surface area contributed by atoms with Crippen LogP contribution < -0.4 is 5.32 Å². The molecule has 1 saturated heterocycles. The predicted molar refractivity (Wildman–Crippen MR) is 129 cm³/mol. The molecular formula is C26H28N4O4. The summed E-state index contributed by atoms with van der Waals surface area (Å²) in [5.74, 6) is 0.244. The van der Waals surface area contributed by atoms with E-state index in [4.69, 9.17) is 4.74 Å². The number of hydrogen-bond acceptors (Lipinski definition) is 5. The number of carbonyl (C=O) groups excluding carboxylic acids is 3. The molecule has 8 heteroatoms. The molecule has 2 amide bonds. The van der Waals surface area contributed by atoms with Crippen LogP contribution in [0.2, 0.25) is 0 Å². The Morgan fingerprint density at radius 3 is 2.62 bits per heavy atom. The van der Waals surface area contributed by atoms with Gasteiger partial charge in [0.25, 0.3) is 0 Å². The number of hydrogen-bond donors (Lipinski definition) is 1. The Labute approximate surface area is 198 Å². The van der Waals surface area contributed by atoms with E-state index in [0.717, 1.165) is 24.2 Å². The normalized spacial score (nSPS) is 16.1. The van der Waals surface area contributed by atoms with Crippen molar-refractivity contribution in [1.82, 2.24) is 14.4 Å². The Morgan fingerprint density at radius 1 is 0.941 bits per heavy atom. The summed E-state index contributed by atoms with van der Waals surface area (Å²) in [6, 6.07) is 15.6. The second-order valence-corrected chi connectivity index (χ2v) is 8.79. The van der Waals surface area contributed by atoms with Gasteiger partial charge in [0.2, 0.25) is 5.91 Å². The molecule has 1 N–H and O–H groups in total. The SMILES string of the molecule is O=C1Nc2ccc(C(=O)CCN3CCN(C(=O)CCn4ccc5ccccc54)CC3)cc2CO1. The second kappa shape index (κ2) is 9.69. The van der Waals surface area contributed by atoms with Gasteiger partial charge in [0, 0.05) is 75.0 Å². The summed E-state index contributed by atoms with van der Waals surface area (Å²) in [5, 5.41) is 3.82. The third-order valence-corrected chi connectivity index (χ3v) is 6.65. The summed E-state index contributed by atoms with van der Waals surface area (Å²) in [6.45, 7) is 4.45. The van der Waals surface area contributed by atoms with Crippen molar-refractivity contribution in [3.63, 3.8) is 0 Å². The summed E-state index contributed by atoms with van der Waals surface area (Å²) in [5.41, 5.74) is 3.29. The number of nitrogens with zero attached hydrogens (tertiary/aromatic N) is 3. The Hall–Kier alpha value is -3.65. The lowest BCUT2D eigenvalue weighted by Crippen LogP contribution is -2.49. The van der Waals surface area contributed by atoms with Crippen LogP contribution in [0.15, 0.2) is 54.7 Å². The number of rotatable bonds is 7. The molecule has 2 aromatic carbocycles. The molecule has 0 saturated carbocycles. The van der Waals surface area contributed by atoms with Crippen LogP contribution in [0.5, 0.6) is 0 Å². The van der Waals surface area contributed by atoms with E-state index in [-0.39, 0.29) is 18.3 Å². The van der Waals surface area contributed by atoms with Crippen molar-refractivity contribution in [3.05, 3.63) is 65.9 Å². The molecule has 0 radical (unpaired) electrons. The minimum Gasteiger partial charge on any atom is -0.444 e. The number of ether oxygens (including phenoxy) is 1. The molecule has 34 heavy (non-hydrogen) atoms. The van der Waals surface area contributed by atoms with Crippen molar-refractivity contribution < 1.29 is 19.1 Å². The Bertz CT molecular complexity index is 1230. The smallest absolute Gasteiger partial charge is 0.411 e. The Kier molecular flexibility index (Phi) is 6.31. The number of ketones is 1. The first kappa shape index (κ1) is 22.2. The quantitative estimate of drug-likeness (QED) is 0.546. The number of benzene rings is 2. The molecule has 1 fully saturated rings. The molecular weight excluding hydrogens is 432 g/mol. The highest BCUT2D eigenvalue weighted by Gasteiger charge is 2.22. The van der Waals surface area contributed by atoms with Crippen molar-refractivity contribution >= 4 is 34.4 Å². The molecule has 2 aliphatic heterocycles. The zero-order chi connectivity index (χ0) is 23.5. The number of nitrogens with one attached hydrogen (secondary N) is 1. The summed E-state index contributed by atoms with van der Waals surface area (Å²) in [6.07, 6.45) is 2.47. The first-order valence-corrected chi connectivity index (χ1v) is 11.7. The number of para-hydroxylation sites is 1. The molecule has 1 aromatic heterocycles. The predicted octanol–water partition coefficient (Wildman–Crippen LogP) is 3.51. The Balaban J connectivity index is 1.06. The number of carbonyl (C=O) groups is 3. The number of aryl methyl sites for hydroxylation is 1. The van der Waals surface area contributed by atoms with Crippen molar-refractivity contribution in [3.8, 4) is 0 Å². The molecule has 5 rings (SSSR count). The van der Waals surface area contributed by atoms with E-state index in [1.54, 1.807) is 18.2 Å². The number of Topliss-reactive ketones (excluding diaryl/α,β-unsaturated/α-hetero) is 1. The van der Waals surface area contributed by atoms with Gasteiger partial charge in [-0.1, -0.05) is 18.2 Å². The molecule has 3 aromatic rings. The van der Waals surface area contributed by atoms with Crippen molar-refractivity contribution in [2.45, 2.75) is 26.0 Å². The maximum atomic E-state index is 12.7. The van der Waals surface area contributed by atoms with Crippen LogP contribution in [0.25, 0.3) is 10.9 Å². The van der Waals surface area contributed by atoms with Crippen LogP contribution in [0.1, 0.15) is 28.8 Å². The lowest BCUT2D eigenvalue weighted by Gasteiger charge is -2.34. The maximum absolute atomic E-state index is 12.7. The van der Waals surface area contributed by atoms with Gasteiger partial charge in [-0.3, -0.25) is 19.8 Å². The van der Waals surface area contributed by atoms with Gasteiger partial charge >= 0.3 is 6.09 Å². The number of anilines is 1. The number of aromatic nitrogens is 1. The average Bonchev–Trinajstić information content (AvgIpc) is 3.29. The number of amides is 2. The van der Waals surface area contributed by atoms with Gasteiger partial charge in [0.1, 0.15) is 6.61 Å². The van der Waals surface area contributed by atoms with E-state index in [1.165, 1.54) is 5.39 Å². The van der Waals surface area contributed by atoms with E-state index in [0.29, 0.717) is 50.3 Å². The molecule has 0 unspecified atom stereocenters. The zero-order valence-electron chi connectivity index (χ0n) is 19.0. The topological polar surface area (TPSA) is 83.9 Å². The van der Waals surface area contributed by atoms with Gasteiger partial charge < -0.3 is 14.2 Å². The number of piperazine rings is 1. The highest BCUT2D eigenvalue weighted by atomic mass is 16.5. The van der Waals surface area contributed by atoms with Crippen LogP contribution >= 0.6 is 0 Å². The van der Waals surface area contributed by atoms with E-state index in [1.807, 2.05) is 23.2 Å². The van der Waals surface area contributed by atoms with Gasteiger partial charge in [-0.05, 0) is 35.7 Å². The van der Waals surface area contributed by atoms with Crippen LogP contribution in [0, 0.1) is 0 Å². The van der Waals surface area contributed by atoms with E-state index >= 15 is 0 Å². The second-order valence-electron chi connectivity index (χ2n) is 8.79. The lowest BCUT2D eigenvalue weighted by molar-refractivity contribution is -0.133. The van der Waals surface area contributed by atoms with Crippen molar-refractivity contribution in [1.29, 1.82) is 0 Å². The third kappa shape index (κ3) is 4.82. The van der Waals surface area contributed by atoms with Crippen LogP contribution in [-0.2, 0) is 22.7 Å². The van der Waals surface area contributed by atoms with E-state index in [2.05, 4.69) is 33.0 Å². The number of cyclic esters (lactones) is 1. The van der Waals surface area contributed by atoms with E-state index in [9.17, 15) is 14.4 Å². The Morgan fingerprint density at radius 2 is 1.76 bits per heavy atom. The van der Waals surface area contributed by atoms with Crippen LogP contribution in [0.3, 0.4) is 0 Å². The van der Waals surface area contributed by atoms with Gasteiger partial charge in [-0.15, -0.1) is 0 Å². The van der Waals surface area contributed by atoms with Crippen LogP contribution in [-0.4, -0.2) is 64.9 Å². The largest absolute Gasteiger partial charge is 0.444 e. The lowest BCUT2D eigenvalue weighted by atomic mass is 10.0. The van der Waals surface area contributed by atoms with Gasteiger partial charge in [-0.25, -0.2) is 4.79 Å². The molecule has 0 aliphatic carbocycles. The first-order chi connectivity index (χ1) is 16.6. The zero-order valence-corrected chi connectivity index (χ0v) is 19.0. The fraction of sp³-hybridized carbons (Fsp3) is 0.346.